The van der Waals surface area contributed by atoms with Crippen molar-refractivity contribution in [1.29, 1.82) is 5.26 Å². The Kier molecular flexibility index (Phi) is 2.08. The van der Waals surface area contributed by atoms with Crippen LogP contribution in [0.4, 0.5) is 0 Å². The molecule has 0 aliphatic heterocycles. The van der Waals surface area contributed by atoms with Crippen LogP contribution in [-0.4, -0.2) is 4.98 Å². The number of rotatable bonds is 1. The standard InChI is InChI=1S/C12H10N2/c1-9-4-2-3-5-11(9)12-6-10(7-13)8-14-12/h2-6,8,14H,1H3. The predicted octanol–water partition coefficient (Wildman–Crippen LogP) is 2.86. The van der Waals surface area contributed by atoms with Gasteiger partial charge in [0, 0.05) is 17.5 Å². The zero-order chi connectivity index (χ0) is 9.97. The lowest BCUT2D eigenvalue weighted by atomic mass is 10.1. The van der Waals surface area contributed by atoms with Crippen molar-refractivity contribution in [3.05, 3.63) is 47.7 Å². The van der Waals surface area contributed by atoms with E-state index >= 15 is 0 Å². The van der Waals surface area contributed by atoms with Crippen LogP contribution in [0.1, 0.15) is 11.1 Å². The van der Waals surface area contributed by atoms with E-state index in [1.165, 1.54) is 5.56 Å². The summed E-state index contributed by atoms with van der Waals surface area (Å²) in [6.07, 6.45) is 1.72. The van der Waals surface area contributed by atoms with E-state index in [0.717, 1.165) is 11.3 Å². The van der Waals surface area contributed by atoms with Gasteiger partial charge in [0.1, 0.15) is 6.07 Å². The summed E-state index contributed by atoms with van der Waals surface area (Å²) in [4.78, 5) is 3.09. The maximum atomic E-state index is 8.70. The topological polar surface area (TPSA) is 39.6 Å². The molecule has 0 aliphatic carbocycles. The van der Waals surface area contributed by atoms with Crippen LogP contribution in [0.2, 0.25) is 0 Å². The zero-order valence-corrected chi connectivity index (χ0v) is 7.91. The van der Waals surface area contributed by atoms with Gasteiger partial charge in [0.05, 0.1) is 5.56 Å². The van der Waals surface area contributed by atoms with Gasteiger partial charge < -0.3 is 4.98 Å². The molecule has 2 nitrogen and oxygen atoms in total. The lowest BCUT2D eigenvalue weighted by Crippen LogP contribution is -1.80. The van der Waals surface area contributed by atoms with E-state index in [-0.39, 0.29) is 0 Å². The van der Waals surface area contributed by atoms with Crippen molar-refractivity contribution in [1.82, 2.24) is 4.98 Å². The van der Waals surface area contributed by atoms with Crippen LogP contribution >= 0.6 is 0 Å². The van der Waals surface area contributed by atoms with E-state index in [1.54, 1.807) is 6.20 Å². The summed E-state index contributed by atoms with van der Waals surface area (Å²) in [5.74, 6) is 0. The van der Waals surface area contributed by atoms with Crippen molar-refractivity contribution in [2.45, 2.75) is 6.92 Å². The SMILES string of the molecule is Cc1ccccc1-c1cc(C#N)c[nH]1. The van der Waals surface area contributed by atoms with Gasteiger partial charge in [-0.3, -0.25) is 0 Å². The average molecular weight is 182 g/mol. The molecular weight excluding hydrogens is 172 g/mol. The van der Waals surface area contributed by atoms with E-state index in [9.17, 15) is 0 Å². The molecule has 2 heteroatoms. The number of aryl methyl sites for hydroxylation is 1. The highest BCUT2D eigenvalue weighted by atomic mass is 14.7. The molecule has 0 unspecified atom stereocenters. The Morgan fingerprint density at radius 2 is 2.07 bits per heavy atom. The lowest BCUT2D eigenvalue weighted by Gasteiger charge is -2.01. The highest BCUT2D eigenvalue weighted by molar-refractivity contribution is 5.65. The van der Waals surface area contributed by atoms with Crippen molar-refractivity contribution in [3.8, 4) is 17.3 Å². The molecule has 0 radical (unpaired) electrons. The fourth-order valence-corrected chi connectivity index (χ4v) is 1.49. The van der Waals surface area contributed by atoms with Gasteiger partial charge in [-0.05, 0) is 18.6 Å². The third kappa shape index (κ3) is 1.40. The molecule has 0 spiro atoms. The van der Waals surface area contributed by atoms with E-state index < -0.39 is 0 Å². The first kappa shape index (κ1) is 8.58. The van der Waals surface area contributed by atoms with Gasteiger partial charge in [0.2, 0.25) is 0 Å². The van der Waals surface area contributed by atoms with Crippen molar-refractivity contribution >= 4 is 0 Å². The molecular formula is C12H10N2. The summed E-state index contributed by atoms with van der Waals surface area (Å²) in [6.45, 7) is 2.06. The van der Waals surface area contributed by atoms with Crippen LogP contribution in [0.15, 0.2) is 36.5 Å². The first-order chi connectivity index (χ1) is 6.81. The molecule has 0 amide bonds. The highest BCUT2D eigenvalue weighted by Crippen LogP contribution is 2.22. The smallest absolute Gasteiger partial charge is 0.101 e. The third-order valence-electron chi connectivity index (χ3n) is 2.25. The molecule has 68 valence electrons. The maximum Gasteiger partial charge on any atom is 0.101 e. The molecule has 1 aromatic heterocycles. The van der Waals surface area contributed by atoms with Crippen molar-refractivity contribution in [2.24, 2.45) is 0 Å². The minimum absolute atomic E-state index is 0.670. The number of hydrogen-bond acceptors (Lipinski definition) is 1. The van der Waals surface area contributed by atoms with Crippen LogP contribution in [0.25, 0.3) is 11.3 Å². The highest BCUT2D eigenvalue weighted by Gasteiger charge is 2.03. The normalized spacial score (nSPS) is 9.71. The molecule has 0 fully saturated rings. The van der Waals surface area contributed by atoms with Crippen LogP contribution in [0, 0.1) is 18.3 Å². The minimum Gasteiger partial charge on any atom is -0.360 e. The summed E-state index contributed by atoms with van der Waals surface area (Å²) in [5, 5.41) is 8.70. The van der Waals surface area contributed by atoms with Crippen molar-refractivity contribution < 1.29 is 0 Å². The molecule has 0 saturated carbocycles. The molecule has 0 saturated heterocycles. The lowest BCUT2D eigenvalue weighted by molar-refractivity contribution is 1.36. The van der Waals surface area contributed by atoms with Crippen LogP contribution < -0.4 is 0 Å². The molecule has 1 aromatic carbocycles. The van der Waals surface area contributed by atoms with Crippen molar-refractivity contribution in [2.75, 3.05) is 0 Å². The third-order valence-corrected chi connectivity index (χ3v) is 2.25. The van der Waals surface area contributed by atoms with E-state index in [2.05, 4.69) is 24.0 Å². The second-order valence-corrected chi connectivity index (χ2v) is 3.23. The van der Waals surface area contributed by atoms with Gasteiger partial charge in [-0.15, -0.1) is 0 Å². The number of nitrogens with one attached hydrogen (secondary N) is 1. The first-order valence-corrected chi connectivity index (χ1v) is 4.46. The Morgan fingerprint density at radius 1 is 1.29 bits per heavy atom. The Labute approximate surface area is 82.8 Å². The van der Waals surface area contributed by atoms with E-state index in [1.807, 2.05) is 24.3 Å². The molecule has 0 atom stereocenters. The minimum atomic E-state index is 0.670. The number of nitriles is 1. The fourth-order valence-electron chi connectivity index (χ4n) is 1.49. The summed E-state index contributed by atoms with van der Waals surface area (Å²) in [7, 11) is 0. The largest absolute Gasteiger partial charge is 0.360 e. The number of hydrogen-bond donors (Lipinski definition) is 1. The zero-order valence-electron chi connectivity index (χ0n) is 7.91. The first-order valence-electron chi connectivity index (χ1n) is 4.46. The monoisotopic (exact) mass is 182 g/mol. The van der Waals surface area contributed by atoms with Gasteiger partial charge in [-0.1, -0.05) is 24.3 Å². The summed E-state index contributed by atoms with van der Waals surface area (Å²) < 4.78 is 0. The molecule has 2 aromatic rings. The van der Waals surface area contributed by atoms with Crippen LogP contribution in [0.3, 0.4) is 0 Å². The molecule has 0 bridgehead atoms. The Morgan fingerprint density at radius 3 is 2.71 bits per heavy atom. The van der Waals surface area contributed by atoms with Gasteiger partial charge in [-0.25, -0.2) is 0 Å². The average Bonchev–Trinajstić information content (AvgIpc) is 2.67. The molecule has 0 aliphatic rings. The quantitative estimate of drug-likeness (QED) is 0.723. The maximum absolute atomic E-state index is 8.70. The molecule has 1 heterocycles. The number of nitrogens with zero attached hydrogens (tertiary/aromatic N) is 1. The number of aromatic nitrogens is 1. The van der Waals surface area contributed by atoms with Gasteiger partial charge in [0.15, 0.2) is 0 Å². The second-order valence-electron chi connectivity index (χ2n) is 3.23. The number of benzene rings is 1. The van der Waals surface area contributed by atoms with Gasteiger partial charge in [-0.2, -0.15) is 5.26 Å². The summed E-state index contributed by atoms with van der Waals surface area (Å²) >= 11 is 0. The summed E-state index contributed by atoms with van der Waals surface area (Å²) in [5.41, 5.74) is 4.02. The van der Waals surface area contributed by atoms with Gasteiger partial charge >= 0.3 is 0 Å². The number of H-pyrrole nitrogens is 1. The molecule has 2 rings (SSSR count). The van der Waals surface area contributed by atoms with Crippen LogP contribution in [-0.2, 0) is 0 Å². The van der Waals surface area contributed by atoms with Gasteiger partial charge in [0.25, 0.3) is 0 Å². The number of aromatic amines is 1. The second kappa shape index (κ2) is 3.39. The predicted molar refractivity (Wildman–Crippen MR) is 55.7 cm³/mol. The van der Waals surface area contributed by atoms with Crippen molar-refractivity contribution in [3.63, 3.8) is 0 Å². The van der Waals surface area contributed by atoms with E-state index in [0.29, 0.717) is 5.56 Å². The Hall–Kier alpha value is -2.01. The Balaban J connectivity index is 2.51. The summed E-state index contributed by atoms with van der Waals surface area (Å²) in [6, 6.07) is 12.1. The molecule has 14 heavy (non-hydrogen) atoms. The Bertz CT molecular complexity index is 489. The molecule has 1 N–H and O–H groups in total. The fraction of sp³-hybridized carbons (Fsp3) is 0.0833. The van der Waals surface area contributed by atoms with E-state index in [4.69, 9.17) is 5.26 Å². The van der Waals surface area contributed by atoms with Crippen LogP contribution in [0.5, 0.6) is 0 Å².